The molecule has 1 heterocycles. The lowest BCUT2D eigenvalue weighted by Crippen LogP contribution is -2.33. The molecule has 0 spiro atoms. The van der Waals surface area contributed by atoms with Crippen LogP contribution in [0.3, 0.4) is 0 Å². The molecule has 1 aromatic rings. The zero-order chi connectivity index (χ0) is 12.0. The fourth-order valence-corrected chi connectivity index (χ4v) is 1.53. The van der Waals surface area contributed by atoms with E-state index >= 15 is 0 Å². The second kappa shape index (κ2) is 6.27. The highest BCUT2D eigenvalue weighted by atomic mass is 16.1. The summed E-state index contributed by atoms with van der Waals surface area (Å²) in [5.41, 5.74) is 1.00. The molecule has 1 rings (SSSR count). The first kappa shape index (κ1) is 12.7. The highest BCUT2D eigenvalue weighted by molar-refractivity contribution is 5.76. The highest BCUT2D eigenvalue weighted by Gasteiger charge is 2.08. The molecule has 90 valence electrons. The molecule has 0 bridgehead atoms. The molecule has 5 nitrogen and oxygen atoms in total. The lowest BCUT2D eigenvalue weighted by Gasteiger charge is -2.12. The Labute approximate surface area is 96.2 Å². The standard InChI is InChI=1S/C11H20N4O/c1-4-12-9(2)7-11(16)13-8-10-5-6-14-15(10)3/h5-6,9,12H,4,7-8H2,1-3H3,(H,13,16). The van der Waals surface area contributed by atoms with Crippen molar-refractivity contribution in [2.75, 3.05) is 6.54 Å². The van der Waals surface area contributed by atoms with Crippen molar-refractivity contribution in [2.24, 2.45) is 7.05 Å². The van der Waals surface area contributed by atoms with Gasteiger partial charge in [-0.15, -0.1) is 0 Å². The second-order valence-electron chi connectivity index (χ2n) is 3.89. The van der Waals surface area contributed by atoms with E-state index < -0.39 is 0 Å². The summed E-state index contributed by atoms with van der Waals surface area (Å²) in [4.78, 5) is 11.6. The van der Waals surface area contributed by atoms with Crippen LogP contribution in [0.4, 0.5) is 0 Å². The lowest BCUT2D eigenvalue weighted by atomic mass is 10.2. The van der Waals surface area contributed by atoms with E-state index in [1.54, 1.807) is 10.9 Å². The number of nitrogens with zero attached hydrogens (tertiary/aromatic N) is 2. The van der Waals surface area contributed by atoms with Crippen molar-refractivity contribution in [3.63, 3.8) is 0 Å². The molecule has 0 saturated carbocycles. The molecule has 1 amide bonds. The summed E-state index contributed by atoms with van der Waals surface area (Å²) in [5, 5.41) is 10.1. The summed E-state index contributed by atoms with van der Waals surface area (Å²) < 4.78 is 1.76. The average molecular weight is 224 g/mol. The Morgan fingerprint density at radius 1 is 1.62 bits per heavy atom. The van der Waals surface area contributed by atoms with E-state index in [4.69, 9.17) is 0 Å². The molecule has 16 heavy (non-hydrogen) atoms. The molecule has 2 N–H and O–H groups in total. The third-order valence-electron chi connectivity index (χ3n) is 2.43. The van der Waals surface area contributed by atoms with Crippen molar-refractivity contribution in [3.8, 4) is 0 Å². The minimum absolute atomic E-state index is 0.0645. The normalized spacial score (nSPS) is 12.4. The van der Waals surface area contributed by atoms with E-state index in [0.717, 1.165) is 12.2 Å². The Morgan fingerprint density at radius 3 is 2.94 bits per heavy atom. The maximum Gasteiger partial charge on any atom is 0.221 e. The molecule has 1 atom stereocenters. The zero-order valence-corrected chi connectivity index (χ0v) is 10.2. The Bertz CT molecular complexity index is 334. The topological polar surface area (TPSA) is 59.0 Å². The number of aromatic nitrogens is 2. The molecule has 5 heteroatoms. The Hall–Kier alpha value is -1.36. The summed E-state index contributed by atoms with van der Waals surface area (Å²) in [5.74, 6) is 0.0645. The number of amides is 1. The Kier molecular flexibility index (Phi) is 4.98. The predicted octanol–water partition coefficient (Wildman–Crippen LogP) is 0.424. The summed E-state index contributed by atoms with van der Waals surface area (Å²) in [7, 11) is 1.86. The third kappa shape index (κ3) is 4.02. The van der Waals surface area contributed by atoms with Gasteiger partial charge in [0.15, 0.2) is 0 Å². The number of nitrogens with one attached hydrogen (secondary N) is 2. The number of rotatable bonds is 6. The van der Waals surface area contributed by atoms with Gasteiger partial charge >= 0.3 is 0 Å². The van der Waals surface area contributed by atoms with Gasteiger partial charge in [0.1, 0.15) is 0 Å². The van der Waals surface area contributed by atoms with E-state index in [1.165, 1.54) is 0 Å². The molecule has 0 saturated heterocycles. The van der Waals surface area contributed by atoms with Crippen molar-refractivity contribution >= 4 is 5.91 Å². The van der Waals surface area contributed by atoms with Crippen molar-refractivity contribution in [1.82, 2.24) is 20.4 Å². The van der Waals surface area contributed by atoms with Crippen LogP contribution in [0.25, 0.3) is 0 Å². The summed E-state index contributed by atoms with van der Waals surface area (Å²) >= 11 is 0. The minimum atomic E-state index is 0.0645. The van der Waals surface area contributed by atoms with Gasteiger partial charge in [-0.05, 0) is 19.5 Å². The van der Waals surface area contributed by atoms with Crippen LogP contribution in [0.15, 0.2) is 12.3 Å². The van der Waals surface area contributed by atoms with Gasteiger partial charge in [0, 0.05) is 25.7 Å². The maximum absolute atomic E-state index is 11.6. The SMILES string of the molecule is CCNC(C)CC(=O)NCc1ccnn1C. The molecule has 0 aliphatic carbocycles. The summed E-state index contributed by atoms with van der Waals surface area (Å²) in [6, 6.07) is 2.12. The lowest BCUT2D eigenvalue weighted by molar-refractivity contribution is -0.121. The largest absolute Gasteiger partial charge is 0.350 e. The van der Waals surface area contributed by atoms with Crippen molar-refractivity contribution in [3.05, 3.63) is 18.0 Å². The first-order valence-corrected chi connectivity index (χ1v) is 5.60. The molecule has 1 aromatic heterocycles. The number of hydrogen-bond donors (Lipinski definition) is 2. The van der Waals surface area contributed by atoms with Crippen LogP contribution in [-0.4, -0.2) is 28.3 Å². The number of aryl methyl sites for hydroxylation is 1. The van der Waals surface area contributed by atoms with Gasteiger partial charge in [-0.25, -0.2) is 0 Å². The molecule has 0 aliphatic heterocycles. The minimum Gasteiger partial charge on any atom is -0.350 e. The van der Waals surface area contributed by atoms with Crippen LogP contribution < -0.4 is 10.6 Å². The van der Waals surface area contributed by atoms with E-state index in [-0.39, 0.29) is 11.9 Å². The van der Waals surface area contributed by atoms with Gasteiger partial charge in [-0.1, -0.05) is 6.92 Å². The van der Waals surface area contributed by atoms with E-state index in [9.17, 15) is 4.79 Å². The van der Waals surface area contributed by atoms with Crippen LogP contribution in [0.5, 0.6) is 0 Å². The zero-order valence-electron chi connectivity index (χ0n) is 10.2. The summed E-state index contributed by atoms with van der Waals surface area (Å²) in [6.45, 7) is 5.46. The number of hydrogen-bond acceptors (Lipinski definition) is 3. The van der Waals surface area contributed by atoms with Crippen LogP contribution in [0, 0.1) is 0 Å². The van der Waals surface area contributed by atoms with Crippen LogP contribution in [0.2, 0.25) is 0 Å². The number of carbonyl (C=O) groups is 1. The molecule has 0 fully saturated rings. The predicted molar refractivity (Wildman–Crippen MR) is 62.8 cm³/mol. The quantitative estimate of drug-likeness (QED) is 0.736. The molecule has 0 aliphatic rings. The fourth-order valence-electron chi connectivity index (χ4n) is 1.53. The molecular weight excluding hydrogens is 204 g/mol. The van der Waals surface area contributed by atoms with Crippen molar-refractivity contribution in [2.45, 2.75) is 32.9 Å². The van der Waals surface area contributed by atoms with Gasteiger partial charge in [0.2, 0.25) is 5.91 Å². The third-order valence-corrected chi connectivity index (χ3v) is 2.43. The van der Waals surface area contributed by atoms with Gasteiger partial charge in [0.25, 0.3) is 0 Å². The van der Waals surface area contributed by atoms with E-state index in [0.29, 0.717) is 13.0 Å². The van der Waals surface area contributed by atoms with Gasteiger partial charge in [-0.2, -0.15) is 5.10 Å². The van der Waals surface area contributed by atoms with E-state index in [2.05, 4.69) is 15.7 Å². The second-order valence-corrected chi connectivity index (χ2v) is 3.89. The monoisotopic (exact) mass is 224 g/mol. The Balaban J connectivity index is 2.28. The van der Waals surface area contributed by atoms with Crippen LogP contribution in [-0.2, 0) is 18.4 Å². The summed E-state index contributed by atoms with van der Waals surface area (Å²) in [6.07, 6.45) is 2.23. The van der Waals surface area contributed by atoms with Crippen molar-refractivity contribution < 1.29 is 4.79 Å². The first-order chi connectivity index (χ1) is 7.63. The number of carbonyl (C=O) groups excluding carboxylic acids is 1. The smallest absolute Gasteiger partial charge is 0.221 e. The van der Waals surface area contributed by atoms with E-state index in [1.807, 2.05) is 27.0 Å². The Morgan fingerprint density at radius 2 is 2.38 bits per heavy atom. The van der Waals surface area contributed by atoms with Crippen molar-refractivity contribution in [1.29, 1.82) is 0 Å². The average Bonchev–Trinajstić information content (AvgIpc) is 2.61. The molecule has 1 unspecified atom stereocenters. The van der Waals surface area contributed by atoms with Gasteiger partial charge < -0.3 is 10.6 Å². The van der Waals surface area contributed by atoms with Crippen LogP contribution in [0.1, 0.15) is 26.0 Å². The fraction of sp³-hybridized carbons (Fsp3) is 0.636. The maximum atomic E-state index is 11.6. The molecular formula is C11H20N4O. The van der Waals surface area contributed by atoms with Gasteiger partial charge in [0.05, 0.1) is 12.2 Å². The first-order valence-electron chi connectivity index (χ1n) is 5.60. The highest BCUT2D eigenvalue weighted by Crippen LogP contribution is 1.96. The molecule has 0 radical (unpaired) electrons. The molecule has 0 aromatic carbocycles. The van der Waals surface area contributed by atoms with Crippen LogP contribution >= 0.6 is 0 Å². The van der Waals surface area contributed by atoms with Gasteiger partial charge in [-0.3, -0.25) is 9.48 Å².